The van der Waals surface area contributed by atoms with Crippen LogP contribution in [0.25, 0.3) is 0 Å². The fourth-order valence-corrected chi connectivity index (χ4v) is 3.81. The fourth-order valence-electron chi connectivity index (χ4n) is 3.81. The lowest BCUT2D eigenvalue weighted by molar-refractivity contribution is 0.0942. The van der Waals surface area contributed by atoms with Gasteiger partial charge in [-0.3, -0.25) is 4.90 Å². The van der Waals surface area contributed by atoms with E-state index in [1.807, 2.05) is 24.3 Å². The SMILES string of the molecule is Nc1cccc(O[C@@H]2c3ccccc3C[C@H]2N2CCCC2)c1. The van der Waals surface area contributed by atoms with E-state index in [0.717, 1.165) is 17.9 Å². The van der Waals surface area contributed by atoms with Crippen LogP contribution in [0.15, 0.2) is 48.5 Å². The zero-order chi connectivity index (χ0) is 14.9. The molecule has 4 rings (SSSR count). The summed E-state index contributed by atoms with van der Waals surface area (Å²) in [6.07, 6.45) is 3.80. The van der Waals surface area contributed by atoms with Gasteiger partial charge in [0.2, 0.25) is 0 Å². The van der Waals surface area contributed by atoms with Gasteiger partial charge in [0.05, 0.1) is 6.04 Å². The van der Waals surface area contributed by atoms with E-state index in [4.69, 9.17) is 10.5 Å². The van der Waals surface area contributed by atoms with Gasteiger partial charge >= 0.3 is 0 Å². The van der Waals surface area contributed by atoms with Crippen molar-refractivity contribution in [3.8, 4) is 5.75 Å². The molecule has 0 bridgehead atoms. The Morgan fingerprint density at radius 2 is 1.82 bits per heavy atom. The summed E-state index contributed by atoms with van der Waals surface area (Å²) in [5.41, 5.74) is 9.40. The number of likely N-dealkylation sites (tertiary alicyclic amines) is 1. The Kier molecular flexibility index (Phi) is 3.51. The lowest BCUT2D eigenvalue weighted by Gasteiger charge is -2.30. The molecule has 1 aliphatic heterocycles. The first-order chi connectivity index (χ1) is 10.8. The van der Waals surface area contributed by atoms with Gasteiger partial charge < -0.3 is 10.5 Å². The number of nitrogen functional groups attached to an aromatic ring is 1. The first kappa shape index (κ1) is 13.6. The number of benzene rings is 2. The van der Waals surface area contributed by atoms with Crippen molar-refractivity contribution in [3.05, 3.63) is 59.7 Å². The van der Waals surface area contributed by atoms with Crippen molar-refractivity contribution in [2.24, 2.45) is 0 Å². The Bertz CT molecular complexity index is 664. The third-order valence-corrected chi connectivity index (χ3v) is 4.87. The largest absolute Gasteiger partial charge is 0.484 e. The number of hydrogen-bond donors (Lipinski definition) is 1. The van der Waals surface area contributed by atoms with Gasteiger partial charge in [-0.2, -0.15) is 0 Å². The zero-order valence-electron chi connectivity index (χ0n) is 12.7. The Morgan fingerprint density at radius 1 is 1.00 bits per heavy atom. The molecule has 0 amide bonds. The molecular formula is C19H22N2O. The smallest absolute Gasteiger partial charge is 0.140 e. The summed E-state index contributed by atoms with van der Waals surface area (Å²) < 4.78 is 6.39. The van der Waals surface area contributed by atoms with Crippen molar-refractivity contribution in [1.82, 2.24) is 4.90 Å². The lowest BCUT2D eigenvalue weighted by atomic mass is 10.1. The van der Waals surface area contributed by atoms with Crippen LogP contribution >= 0.6 is 0 Å². The Balaban J connectivity index is 1.65. The van der Waals surface area contributed by atoms with Gasteiger partial charge in [0.1, 0.15) is 11.9 Å². The maximum atomic E-state index is 6.39. The topological polar surface area (TPSA) is 38.5 Å². The highest BCUT2D eigenvalue weighted by Crippen LogP contribution is 2.39. The summed E-state index contributed by atoms with van der Waals surface area (Å²) in [5.74, 6) is 0.867. The van der Waals surface area contributed by atoms with Gasteiger partial charge in [0.15, 0.2) is 0 Å². The third kappa shape index (κ3) is 2.46. The van der Waals surface area contributed by atoms with Crippen molar-refractivity contribution >= 4 is 5.69 Å². The van der Waals surface area contributed by atoms with Crippen molar-refractivity contribution in [3.63, 3.8) is 0 Å². The number of ether oxygens (including phenoxy) is 1. The molecule has 22 heavy (non-hydrogen) atoms. The van der Waals surface area contributed by atoms with Crippen LogP contribution in [0.3, 0.4) is 0 Å². The van der Waals surface area contributed by atoms with Crippen LogP contribution in [0.5, 0.6) is 5.75 Å². The molecule has 114 valence electrons. The Labute approximate surface area is 131 Å². The van der Waals surface area contributed by atoms with Gasteiger partial charge in [-0.15, -0.1) is 0 Å². The minimum atomic E-state index is 0.107. The molecule has 1 fully saturated rings. The normalized spacial score (nSPS) is 24.4. The number of nitrogens with two attached hydrogens (primary N) is 1. The van der Waals surface area contributed by atoms with Gasteiger partial charge in [-0.05, 0) is 55.6 Å². The third-order valence-electron chi connectivity index (χ3n) is 4.87. The molecule has 3 nitrogen and oxygen atoms in total. The number of nitrogens with zero attached hydrogens (tertiary/aromatic N) is 1. The van der Waals surface area contributed by atoms with Crippen LogP contribution in [0.4, 0.5) is 5.69 Å². The maximum absolute atomic E-state index is 6.39. The summed E-state index contributed by atoms with van der Waals surface area (Å²) in [4.78, 5) is 2.59. The molecule has 0 unspecified atom stereocenters. The van der Waals surface area contributed by atoms with Crippen molar-refractivity contribution in [1.29, 1.82) is 0 Å². The van der Waals surface area contributed by atoms with E-state index < -0.39 is 0 Å². The second-order valence-corrected chi connectivity index (χ2v) is 6.32. The highest BCUT2D eigenvalue weighted by molar-refractivity contribution is 5.44. The van der Waals surface area contributed by atoms with Crippen molar-refractivity contribution in [2.45, 2.75) is 31.4 Å². The molecular weight excluding hydrogens is 272 g/mol. The molecule has 2 aromatic carbocycles. The van der Waals surface area contributed by atoms with Crippen LogP contribution in [0.1, 0.15) is 30.1 Å². The Morgan fingerprint density at radius 3 is 2.64 bits per heavy atom. The molecule has 3 heteroatoms. The Hall–Kier alpha value is -2.00. The monoisotopic (exact) mass is 294 g/mol. The van der Waals surface area contributed by atoms with E-state index in [-0.39, 0.29) is 6.10 Å². The van der Waals surface area contributed by atoms with Gasteiger partial charge in [-0.25, -0.2) is 0 Å². The number of hydrogen-bond acceptors (Lipinski definition) is 3. The first-order valence-corrected chi connectivity index (χ1v) is 8.15. The second kappa shape index (κ2) is 5.65. The summed E-state index contributed by atoms with van der Waals surface area (Å²) in [5, 5.41) is 0. The van der Waals surface area contributed by atoms with Gasteiger partial charge in [0.25, 0.3) is 0 Å². The van der Waals surface area contributed by atoms with Crippen LogP contribution in [0.2, 0.25) is 0 Å². The minimum Gasteiger partial charge on any atom is -0.484 e. The molecule has 2 aromatic rings. The number of fused-ring (bicyclic) bond motifs is 1. The summed E-state index contributed by atoms with van der Waals surface area (Å²) in [7, 11) is 0. The van der Waals surface area contributed by atoms with Crippen molar-refractivity contribution < 1.29 is 4.74 Å². The van der Waals surface area contributed by atoms with Crippen LogP contribution < -0.4 is 10.5 Å². The van der Waals surface area contributed by atoms with Gasteiger partial charge in [0, 0.05) is 11.8 Å². The average Bonchev–Trinajstić information content (AvgIpc) is 3.15. The van der Waals surface area contributed by atoms with E-state index in [1.54, 1.807) is 0 Å². The summed E-state index contributed by atoms with van der Waals surface area (Å²) in [6, 6.07) is 16.9. The van der Waals surface area contributed by atoms with Gasteiger partial charge in [-0.1, -0.05) is 30.3 Å². The molecule has 0 spiro atoms. The van der Waals surface area contributed by atoms with E-state index in [2.05, 4.69) is 29.2 Å². The fraction of sp³-hybridized carbons (Fsp3) is 0.368. The predicted octanol–water partition coefficient (Wildman–Crippen LogP) is 3.41. The summed E-state index contributed by atoms with van der Waals surface area (Å²) in [6.45, 7) is 2.38. The molecule has 1 heterocycles. The summed E-state index contributed by atoms with van der Waals surface area (Å²) >= 11 is 0. The average molecular weight is 294 g/mol. The minimum absolute atomic E-state index is 0.107. The van der Waals surface area contributed by atoms with Crippen molar-refractivity contribution in [2.75, 3.05) is 18.8 Å². The lowest BCUT2D eigenvalue weighted by Crippen LogP contribution is -2.38. The first-order valence-electron chi connectivity index (χ1n) is 8.15. The zero-order valence-corrected chi connectivity index (χ0v) is 12.7. The number of rotatable bonds is 3. The molecule has 1 aliphatic carbocycles. The van der Waals surface area contributed by atoms with E-state index in [1.165, 1.54) is 37.1 Å². The highest BCUT2D eigenvalue weighted by Gasteiger charge is 2.38. The predicted molar refractivity (Wildman–Crippen MR) is 89.0 cm³/mol. The van der Waals surface area contributed by atoms with Crippen LogP contribution in [0, 0.1) is 0 Å². The molecule has 2 N–H and O–H groups in total. The van der Waals surface area contributed by atoms with Crippen LogP contribution in [-0.2, 0) is 6.42 Å². The van der Waals surface area contributed by atoms with Crippen LogP contribution in [-0.4, -0.2) is 24.0 Å². The number of anilines is 1. The second-order valence-electron chi connectivity index (χ2n) is 6.32. The molecule has 2 aliphatic rings. The van der Waals surface area contributed by atoms with E-state index >= 15 is 0 Å². The highest BCUT2D eigenvalue weighted by atomic mass is 16.5. The van der Waals surface area contributed by atoms with E-state index in [9.17, 15) is 0 Å². The molecule has 1 saturated heterocycles. The molecule has 0 saturated carbocycles. The standard InChI is InChI=1S/C19H22N2O/c20-15-7-5-8-16(13-15)22-19-17-9-2-1-6-14(17)12-18(19)21-10-3-4-11-21/h1-2,5-9,13,18-19H,3-4,10-12,20H2/t18-,19-/m1/s1. The van der Waals surface area contributed by atoms with E-state index in [0.29, 0.717) is 6.04 Å². The quantitative estimate of drug-likeness (QED) is 0.882. The maximum Gasteiger partial charge on any atom is 0.140 e. The molecule has 0 aromatic heterocycles. The molecule has 2 atom stereocenters. The molecule has 0 radical (unpaired) electrons.